The second kappa shape index (κ2) is 7.26. The van der Waals surface area contributed by atoms with E-state index in [0.29, 0.717) is 6.54 Å². The van der Waals surface area contributed by atoms with E-state index in [4.69, 9.17) is 0 Å². The Morgan fingerprint density at radius 3 is 2.53 bits per heavy atom. The van der Waals surface area contributed by atoms with Crippen molar-refractivity contribution in [2.45, 2.75) is 25.4 Å². The molecule has 0 aliphatic carbocycles. The van der Waals surface area contributed by atoms with Gasteiger partial charge in [-0.1, -0.05) is 30.3 Å². The number of aliphatic hydroxyl groups is 1. The third kappa shape index (κ3) is 5.85. The van der Waals surface area contributed by atoms with Gasteiger partial charge in [-0.05, 0) is 39.5 Å². The van der Waals surface area contributed by atoms with Crippen LogP contribution in [0.3, 0.4) is 0 Å². The molecule has 0 saturated heterocycles. The highest BCUT2D eigenvalue weighted by Gasteiger charge is 2.26. The molecule has 106 valence electrons. The number of carbonyl (C=O) groups excluding carboxylic acids is 1. The molecule has 0 spiro atoms. The number of rotatable bonds is 7. The number of amides is 1. The van der Waals surface area contributed by atoms with E-state index in [9.17, 15) is 9.90 Å². The van der Waals surface area contributed by atoms with Crippen LogP contribution < -0.4 is 5.32 Å². The van der Waals surface area contributed by atoms with Crippen molar-refractivity contribution < 1.29 is 9.90 Å². The Labute approximate surface area is 115 Å². The molecule has 19 heavy (non-hydrogen) atoms. The second-order valence-electron chi connectivity index (χ2n) is 5.32. The third-order valence-electron chi connectivity index (χ3n) is 3.00. The van der Waals surface area contributed by atoms with Crippen LogP contribution in [0.2, 0.25) is 0 Å². The van der Waals surface area contributed by atoms with Crippen LogP contribution >= 0.6 is 0 Å². The van der Waals surface area contributed by atoms with E-state index < -0.39 is 5.60 Å². The Kier molecular flexibility index (Phi) is 5.99. The van der Waals surface area contributed by atoms with Gasteiger partial charge in [-0.2, -0.15) is 0 Å². The van der Waals surface area contributed by atoms with Gasteiger partial charge in [0, 0.05) is 6.54 Å². The molecule has 0 bridgehead atoms. The zero-order chi connectivity index (χ0) is 14.3. The van der Waals surface area contributed by atoms with Gasteiger partial charge in [-0.15, -0.1) is 0 Å². The van der Waals surface area contributed by atoms with E-state index >= 15 is 0 Å². The Hall–Kier alpha value is -1.39. The fourth-order valence-corrected chi connectivity index (χ4v) is 1.90. The first-order valence-corrected chi connectivity index (χ1v) is 6.61. The van der Waals surface area contributed by atoms with E-state index in [1.54, 1.807) is 6.92 Å². The Balaban J connectivity index is 2.39. The van der Waals surface area contributed by atoms with E-state index in [1.165, 1.54) is 0 Å². The molecule has 1 aromatic rings. The van der Waals surface area contributed by atoms with Crippen LogP contribution in [0.15, 0.2) is 30.3 Å². The second-order valence-corrected chi connectivity index (χ2v) is 5.32. The van der Waals surface area contributed by atoms with E-state index in [1.807, 2.05) is 44.4 Å². The van der Waals surface area contributed by atoms with Gasteiger partial charge in [0.2, 0.25) is 5.91 Å². The first kappa shape index (κ1) is 15.7. The summed E-state index contributed by atoms with van der Waals surface area (Å²) in [5.41, 5.74) is -0.356. The molecule has 4 nitrogen and oxygen atoms in total. The van der Waals surface area contributed by atoms with Gasteiger partial charge in [0.1, 0.15) is 0 Å². The van der Waals surface area contributed by atoms with Crippen LogP contribution in [-0.2, 0) is 10.4 Å². The summed E-state index contributed by atoms with van der Waals surface area (Å²) in [6.45, 7) is 3.25. The Morgan fingerprint density at radius 2 is 1.95 bits per heavy atom. The minimum Gasteiger partial charge on any atom is -0.385 e. The van der Waals surface area contributed by atoms with E-state index in [0.717, 1.165) is 18.5 Å². The van der Waals surface area contributed by atoms with Gasteiger partial charge in [0.15, 0.2) is 0 Å². The fraction of sp³-hybridized carbons (Fsp3) is 0.533. The summed E-state index contributed by atoms with van der Waals surface area (Å²) >= 11 is 0. The van der Waals surface area contributed by atoms with Gasteiger partial charge in [-0.3, -0.25) is 4.79 Å². The van der Waals surface area contributed by atoms with Crippen LogP contribution in [0.4, 0.5) is 0 Å². The summed E-state index contributed by atoms with van der Waals surface area (Å²) in [6, 6.07) is 9.27. The molecule has 0 aliphatic heterocycles. The summed E-state index contributed by atoms with van der Waals surface area (Å²) in [7, 11) is 4.00. The lowest BCUT2D eigenvalue weighted by Crippen LogP contribution is -2.34. The van der Waals surface area contributed by atoms with Crippen LogP contribution in [0.25, 0.3) is 0 Å². The molecule has 0 saturated carbocycles. The zero-order valence-electron chi connectivity index (χ0n) is 12.0. The van der Waals surface area contributed by atoms with Crippen molar-refractivity contribution in [3.8, 4) is 0 Å². The van der Waals surface area contributed by atoms with Crippen molar-refractivity contribution in [1.29, 1.82) is 0 Å². The lowest BCUT2D eigenvalue weighted by Gasteiger charge is -2.23. The van der Waals surface area contributed by atoms with Crippen molar-refractivity contribution >= 4 is 5.91 Å². The molecule has 4 heteroatoms. The van der Waals surface area contributed by atoms with Crippen molar-refractivity contribution in [3.05, 3.63) is 35.9 Å². The maximum absolute atomic E-state index is 11.8. The molecule has 1 unspecified atom stereocenters. The molecular weight excluding hydrogens is 240 g/mol. The molecule has 2 N–H and O–H groups in total. The predicted molar refractivity (Wildman–Crippen MR) is 76.8 cm³/mol. The lowest BCUT2D eigenvalue weighted by molar-refractivity contribution is -0.125. The maximum atomic E-state index is 11.8. The van der Waals surface area contributed by atoms with Crippen LogP contribution in [0.1, 0.15) is 25.3 Å². The minimum absolute atomic E-state index is 0.0823. The summed E-state index contributed by atoms with van der Waals surface area (Å²) in [6.07, 6.45) is 0.991. The predicted octanol–water partition coefficient (Wildman–Crippen LogP) is 1.35. The minimum atomic E-state index is -1.12. The first-order chi connectivity index (χ1) is 8.92. The van der Waals surface area contributed by atoms with Gasteiger partial charge in [-0.25, -0.2) is 0 Å². The van der Waals surface area contributed by atoms with Crippen molar-refractivity contribution in [2.24, 2.45) is 0 Å². The average Bonchev–Trinajstić information content (AvgIpc) is 2.35. The summed E-state index contributed by atoms with van der Waals surface area (Å²) < 4.78 is 0. The number of carbonyl (C=O) groups is 1. The summed E-state index contributed by atoms with van der Waals surface area (Å²) in [5.74, 6) is -0.118. The quantitative estimate of drug-likeness (QED) is 0.731. The van der Waals surface area contributed by atoms with E-state index in [2.05, 4.69) is 10.2 Å². The number of nitrogens with zero attached hydrogens (tertiary/aromatic N) is 1. The molecule has 1 rings (SSSR count). The zero-order valence-corrected chi connectivity index (χ0v) is 12.0. The molecule has 0 radical (unpaired) electrons. The Bertz CT molecular complexity index is 388. The van der Waals surface area contributed by atoms with Gasteiger partial charge in [0.25, 0.3) is 0 Å². The monoisotopic (exact) mass is 264 g/mol. The molecule has 0 heterocycles. The number of hydrogen-bond donors (Lipinski definition) is 2. The molecule has 0 fully saturated rings. The lowest BCUT2D eigenvalue weighted by atomic mass is 9.92. The van der Waals surface area contributed by atoms with Crippen molar-refractivity contribution in [3.63, 3.8) is 0 Å². The Morgan fingerprint density at radius 1 is 1.32 bits per heavy atom. The molecule has 1 aromatic carbocycles. The number of benzene rings is 1. The molecule has 1 atom stereocenters. The fourth-order valence-electron chi connectivity index (χ4n) is 1.90. The summed E-state index contributed by atoms with van der Waals surface area (Å²) in [4.78, 5) is 13.9. The van der Waals surface area contributed by atoms with Gasteiger partial charge < -0.3 is 15.3 Å². The third-order valence-corrected chi connectivity index (χ3v) is 3.00. The van der Waals surface area contributed by atoms with Crippen molar-refractivity contribution in [1.82, 2.24) is 10.2 Å². The average molecular weight is 264 g/mol. The molecular formula is C15H24N2O2. The highest BCUT2D eigenvalue weighted by Crippen LogP contribution is 2.23. The SMILES string of the molecule is CN(C)CCCNC(=O)CC(C)(O)c1ccccc1. The highest BCUT2D eigenvalue weighted by atomic mass is 16.3. The highest BCUT2D eigenvalue weighted by molar-refractivity contribution is 5.77. The van der Waals surface area contributed by atoms with Gasteiger partial charge >= 0.3 is 0 Å². The molecule has 0 aliphatic rings. The normalized spacial score (nSPS) is 14.2. The van der Waals surface area contributed by atoms with Gasteiger partial charge in [0.05, 0.1) is 12.0 Å². The maximum Gasteiger partial charge on any atom is 0.223 e. The smallest absolute Gasteiger partial charge is 0.223 e. The van der Waals surface area contributed by atoms with Crippen LogP contribution in [-0.4, -0.2) is 43.1 Å². The molecule has 1 amide bonds. The topological polar surface area (TPSA) is 52.6 Å². The number of hydrogen-bond acceptors (Lipinski definition) is 3. The van der Waals surface area contributed by atoms with Crippen molar-refractivity contribution in [2.75, 3.05) is 27.2 Å². The standard InChI is InChI=1S/C15H24N2O2/c1-15(19,13-8-5-4-6-9-13)12-14(18)16-10-7-11-17(2)3/h4-6,8-9,19H,7,10-12H2,1-3H3,(H,16,18). The molecule has 0 aromatic heterocycles. The largest absolute Gasteiger partial charge is 0.385 e. The first-order valence-electron chi connectivity index (χ1n) is 6.61. The van der Waals surface area contributed by atoms with E-state index in [-0.39, 0.29) is 12.3 Å². The van der Waals surface area contributed by atoms with Crippen LogP contribution in [0, 0.1) is 0 Å². The summed E-state index contributed by atoms with van der Waals surface area (Å²) in [5, 5.41) is 13.2. The van der Waals surface area contributed by atoms with Crippen LogP contribution in [0.5, 0.6) is 0 Å². The number of nitrogens with one attached hydrogen (secondary N) is 1.